The molecule has 3 nitrogen and oxygen atoms in total. The summed E-state index contributed by atoms with van der Waals surface area (Å²) in [6.07, 6.45) is 3.64. The predicted molar refractivity (Wildman–Crippen MR) is 70.4 cm³/mol. The van der Waals surface area contributed by atoms with Gasteiger partial charge in [0.05, 0.1) is 9.75 Å². The summed E-state index contributed by atoms with van der Waals surface area (Å²) in [5.41, 5.74) is 0. The van der Waals surface area contributed by atoms with Gasteiger partial charge in [-0.2, -0.15) is 0 Å². The first-order valence-electron chi connectivity index (χ1n) is 6.28. The molecule has 1 aliphatic heterocycles. The number of amides is 1. The maximum Gasteiger partial charge on any atom is 0.264 e. The Labute approximate surface area is 110 Å². The van der Waals surface area contributed by atoms with Crippen molar-refractivity contribution in [3.63, 3.8) is 0 Å². The molecule has 0 spiro atoms. The SMILES string of the molecule is O=C(c1ccc(C#CCO)s1)N1CC2CCC1C2. The lowest BCUT2D eigenvalue weighted by atomic mass is 10.1. The largest absolute Gasteiger partial charge is 0.384 e. The Hall–Kier alpha value is -1.31. The van der Waals surface area contributed by atoms with Crippen LogP contribution in [-0.4, -0.2) is 35.1 Å². The molecule has 1 aromatic heterocycles. The number of carbonyl (C=O) groups is 1. The molecule has 3 rings (SSSR count). The van der Waals surface area contributed by atoms with Gasteiger partial charge in [0.25, 0.3) is 5.91 Å². The summed E-state index contributed by atoms with van der Waals surface area (Å²) in [6.45, 7) is 0.788. The summed E-state index contributed by atoms with van der Waals surface area (Å²) in [7, 11) is 0. The highest BCUT2D eigenvalue weighted by Crippen LogP contribution is 2.38. The van der Waals surface area contributed by atoms with E-state index in [4.69, 9.17) is 5.11 Å². The van der Waals surface area contributed by atoms with E-state index >= 15 is 0 Å². The molecule has 2 unspecified atom stereocenters. The van der Waals surface area contributed by atoms with Gasteiger partial charge in [-0.3, -0.25) is 4.79 Å². The number of fused-ring (bicyclic) bond motifs is 2. The predicted octanol–water partition coefficient (Wildman–Crippen LogP) is 1.72. The van der Waals surface area contributed by atoms with Crippen LogP contribution in [-0.2, 0) is 0 Å². The van der Waals surface area contributed by atoms with E-state index in [2.05, 4.69) is 11.8 Å². The van der Waals surface area contributed by atoms with E-state index in [1.165, 1.54) is 30.6 Å². The highest BCUT2D eigenvalue weighted by molar-refractivity contribution is 7.14. The van der Waals surface area contributed by atoms with E-state index in [-0.39, 0.29) is 12.5 Å². The van der Waals surface area contributed by atoms with Crippen molar-refractivity contribution in [1.82, 2.24) is 4.90 Å². The molecule has 2 fully saturated rings. The molecule has 94 valence electrons. The molecule has 1 N–H and O–H groups in total. The lowest BCUT2D eigenvalue weighted by molar-refractivity contribution is 0.0708. The summed E-state index contributed by atoms with van der Waals surface area (Å²) < 4.78 is 0. The first-order chi connectivity index (χ1) is 8.78. The molecule has 4 heteroatoms. The Morgan fingerprint density at radius 3 is 3.06 bits per heavy atom. The van der Waals surface area contributed by atoms with Crippen LogP contribution in [0.25, 0.3) is 0 Å². The van der Waals surface area contributed by atoms with E-state index in [1.54, 1.807) is 0 Å². The third-order valence-corrected chi connectivity index (χ3v) is 4.77. The molecule has 0 radical (unpaired) electrons. The zero-order chi connectivity index (χ0) is 12.5. The summed E-state index contributed by atoms with van der Waals surface area (Å²) in [6, 6.07) is 4.17. The third-order valence-electron chi connectivity index (χ3n) is 3.78. The number of thiophene rings is 1. The monoisotopic (exact) mass is 261 g/mol. The zero-order valence-electron chi connectivity index (χ0n) is 10.1. The van der Waals surface area contributed by atoms with Crippen LogP contribution in [0.15, 0.2) is 12.1 Å². The number of rotatable bonds is 1. The van der Waals surface area contributed by atoms with Crippen molar-refractivity contribution in [1.29, 1.82) is 0 Å². The van der Waals surface area contributed by atoms with Crippen molar-refractivity contribution >= 4 is 17.2 Å². The van der Waals surface area contributed by atoms with E-state index in [0.717, 1.165) is 22.2 Å². The molecule has 2 atom stereocenters. The number of piperidine rings is 1. The molecule has 1 amide bonds. The standard InChI is InChI=1S/C14H15NO2S/c16-7-1-2-12-5-6-13(18-12)14(17)15-9-10-3-4-11(15)8-10/h5-6,10-11,16H,3-4,7-9H2. The van der Waals surface area contributed by atoms with E-state index < -0.39 is 0 Å². The molecule has 0 aromatic carbocycles. The van der Waals surface area contributed by atoms with Crippen LogP contribution in [0.4, 0.5) is 0 Å². The molecule has 1 saturated carbocycles. The molecule has 2 bridgehead atoms. The van der Waals surface area contributed by atoms with Crippen LogP contribution in [0.3, 0.4) is 0 Å². The number of likely N-dealkylation sites (tertiary alicyclic amines) is 1. The minimum absolute atomic E-state index is 0.142. The van der Waals surface area contributed by atoms with Crippen LogP contribution in [0.1, 0.15) is 33.8 Å². The van der Waals surface area contributed by atoms with Gasteiger partial charge in [0, 0.05) is 12.6 Å². The minimum atomic E-state index is -0.142. The molecule has 18 heavy (non-hydrogen) atoms. The molecule has 1 aliphatic carbocycles. The van der Waals surface area contributed by atoms with Crippen LogP contribution in [0, 0.1) is 17.8 Å². The minimum Gasteiger partial charge on any atom is -0.384 e. The number of aliphatic hydroxyl groups excluding tert-OH is 1. The maximum absolute atomic E-state index is 12.4. The molecular weight excluding hydrogens is 246 g/mol. The van der Waals surface area contributed by atoms with Crippen LogP contribution >= 0.6 is 11.3 Å². The fraction of sp³-hybridized carbons (Fsp3) is 0.500. The second-order valence-electron chi connectivity index (χ2n) is 4.91. The fourth-order valence-electron chi connectivity index (χ4n) is 2.96. The summed E-state index contributed by atoms with van der Waals surface area (Å²) in [5.74, 6) is 6.33. The van der Waals surface area contributed by atoms with Gasteiger partial charge in [-0.05, 0) is 37.3 Å². The normalized spacial score (nSPS) is 25.1. The van der Waals surface area contributed by atoms with Gasteiger partial charge in [0.1, 0.15) is 6.61 Å². The van der Waals surface area contributed by atoms with Crippen molar-refractivity contribution in [2.24, 2.45) is 5.92 Å². The van der Waals surface area contributed by atoms with Gasteiger partial charge >= 0.3 is 0 Å². The zero-order valence-corrected chi connectivity index (χ0v) is 10.9. The van der Waals surface area contributed by atoms with Crippen LogP contribution in [0.2, 0.25) is 0 Å². The van der Waals surface area contributed by atoms with Crippen molar-refractivity contribution in [2.75, 3.05) is 13.2 Å². The average molecular weight is 261 g/mol. The van der Waals surface area contributed by atoms with Gasteiger partial charge in [-0.25, -0.2) is 0 Å². The van der Waals surface area contributed by atoms with Crippen molar-refractivity contribution < 1.29 is 9.90 Å². The fourth-order valence-corrected chi connectivity index (χ4v) is 3.80. The average Bonchev–Trinajstić information content (AvgIpc) is 3.10. The molecule has 1 aromatic rings. The number of hydrogen-bond acceptors (Lipinski definition) is 3. The summed E-state index contributed by atoms with van der Waals surface area (Å²) >= 11 is 1.42. The summed E-state index contributed by atoms with van der Waals surface area (Å²) in [4.78, 5) is 16.0. The van der Waals surface area contributed by atoms with E-state index in [1.807, 2.05) is 17.0 Å². The Morgan fingerprint density at radius 1 is 1.50 bits per heavy atom. The Bertz CT molecular complexity index is 525. The Balaban J connectivity index is 1.74. The number of hydrogen-bond donors (Lipinski definition) is 1. The first kappa shape index (κ1) is 11.8. The third kappa shape index (κ3) is 2.05. The lowest BCUT2D eigenvalue weighted by Crippen LogP contribution is -2.37. The van der Waals surface area contributed by atoms with Crippen LogP contribution < -0.4 is 0 Å². The quantitative estimate of drug-likeness (QED) is 0.782. The number of nitrogens with zero attached hydrogens (tertiary/aromatic N) is 1. The van der Waals surface area contributed by atoms with E-state index in [9.17, 15) is 4.79 Å². The second kappa shape index (κ2) is 4.75. The number of carbonyl (C=O) groups excluding carboxylic acids is 1. The molecule has 2 aliphatic rings. The van der Waals surface area contributed by atoms with Gasteiger partial charge in [-0.15, -0.1) is 11.3 Å². The van der Waals surface area contributed by atoms with E-state index in [0.29, 0.717) is 6.04 Å². The second-order valence-corrected chi connectivity index (χ2v) is 6.00. The smallest absolute Gasteiger partial charge is 0.264 e. The van der Waals surface area contributed by atoms with Gasteiger partial charge < -0.3 is 10.0 Å². The van der Waals surface area contributed by atoms with Gasteiger partial charge in [0.2, 0.25) is 0 Å². The number of aliphatic hydroxyl groups is 1. The highest BCUT2D eigenvalue weighted by Gasteiger charge is 2.40. The van der Waals surface area contributed by atoms with Gasteiger partial charge in [-0.1, -0.05) is 11.8 Å². The van der Waals surface area contributed by atoms with Crippen molar-refractivity contribution in [3.8, 4) is 11.8 Å². The molecular formula is C14H15NO2S. The molecule has 2 heterocycles. The van der Waals surface area contributed by atoms with Crippen molar-refractivity contribution in [3.05, 3.63) is 21.9 Å². The Kier molecular flexibility index (Phi) is 3.11. The van der Waals surface area contributed by atoms with Crippen molar-refractivity contribution in [2.45, 2.75) is 25.3 Å². The highest BCUT2D eigenvalue weighted by atomic mass is 32.1. The van der Waals surface area contributed by atoms with Crippen LogP contribution in [0.5, 0.6) is 0 Å². The molecule has 1 saturated heterocycles. The summed E-state index contributed by atoms with van der Waals surface area (Å²) in [5, 5.41) is 8.64. The van der Waals surface area contributed by atoms with Gasteiger partial charge in [0.15, 0.2) is 0 Å². The first-order valence-corrected chi connectivity index (χ1v) is 7.10. The Morgan fingerprint density at radius 2 is 2.39 bits per heavy atom. The maximum atomic E-state index is 12.4. The lowest BCUT2D eigenvalue weighted by Gasteiger charge is -2.26. The topological polar surface area (TPSA) is 40.5 Å².